The molecule has 0 atom stereocenters. The van der Waals surface area contributed by atoms with Crippen LogP contribution in [0, 0.1) is 0 Å². The highest BCUT2D eigenvalue weighted by Crippen LogP contribution is 2.01. The Morgan fingerprint density at radius 3 is 2.59 bits per heavy atom. The predicted octanol–water partition coefficient (Wildman–Crippen LogP) is -0.199. The summed E-state index contributed by atoms with van der Waals surface area (Å²) in [6, 6.07) is 0. The Balaban J connectivity index is 2.52. The Morgan fingerprint density at radius 2 is 2.12 bits per heavy atom. The van der Waals surface area contributed by atoms with E-state index < -0.39 is 0 Å². The van der Waals surface area contributed by atoms with Crippen LogP contribution in [0.25, 0.3) is 0 Å². The van der Waals surface area contributed by atoms with Crippen molar-refractivity contribution in [3.8, 4) is 0 Å². The van der Waals surface area contributed by atoms with Gasteiger partial charge in [0.15, 0.2) is 0 Å². The molecule has 3 N–H and O–H groups in total. The molecular formula is C10H20N6O. The lowest BCUT2D eigenvalue weighted by molar-refractivity contribution is 0.0747. The molecule has 1 rings (SSSR count). The molecule has 0 aliphatic carbocycles. The van der Waals surface area contributed by atoms with E-state index in [1.54, 1.807) is 4.90 Å². The summed E-state index contributed by atoms with van der Waals surface area (Å²) in [5.41, 5.74) is 5.37. The van der Waals surface area contributed by atoms with Crippen molar-refractivity contribution in [1.29, 1.82) is 0 Å². The first-order valence-corrected chi connectivity index (χ1v) is 5.66. The Morgan fingerprint density at radius 1 is 1.41 bits per heavy atom. The monoisotopic (exact) mass is 240 g/mol. The number of aromatic amines is 1. The standard InChI is InChI=1S/C10H20N6O/c1-4-16(7-5-6-15(2)3)9(17)8-12-10(11)14-13-8/h4-7H2,1-3H3,(H3,11,12,13,14). The molecule has 0 aliphatic rings. The van der Waals surface area contributed by atoms with Crippen molar-refractivity contribution >= 4 is 11.9 Å². The molecule has 1 aromatic heterocycles. The van der Waals surface area contributed by atoms with Gasteiger partial charge in [0, 0.05) is 13.1 Å². The highest BCUT2D eigenvalue weighted by molar-refractivity contribution is 5.90. The summed E-state index contributed by atoms with van der Waals surface area (Å²) in [7, 11) is 4.02. The van der Waals surface area contributed by atoms with E-state index in [1.807, 2.05) is 21.0 Å². The van der Waals surface area contributed by atoms with E-state index >= 15 is 0 Å². The number of nitrogens with one attached hydrogen (secondary N) is 1. The van der Waals surface area contributed by atoms with Crippen LogP contribution in [0.4, 0.5) is 5.95 Å². The summed E-state index contributed by atoms with van der Waals surface area (Å²) < 4.78 is 0. The van der Waals surface area contributed by atoms with Gasteiger partial charge in [-0.25, -0.2) is 0 Å². The maximum Gasteiger partial charge on any atom is 0.291 e. The molecule has 0 aliphatic heterocycles. The summed E-state index contributed by atoms with van der Waals surface area (Å²) in [5, 5.41) is 6.18. The fourth-order valence-electron chi connectivity index (χ4n) is 1.50. The normalized spacial score (nSPS) is 10.8. The molecule has 0 saturated carbocycles. The third-order valence-corrected chi connectivity index (χ3v) is 2.41. The van der Waals surface area contributed by atoms with Gasteiger partial charge in [0.05, 0.1) is 0 Å². The molecule has 1 amide bonds. The zero-order valence-corrected chi connectivity index (χ0v) is 10.6. The number of carbonyl (C=O) groups is 1. The Labute approximate surface area is 101 Å². The number of nitrogens with two attached hydrogens (primary N) is 1. The van der Waals surface area contributed by atoms with Crippen LogP contribution in [0.15, 0.2) is 0 Å². The maximum atomic E-state index is 12.0. The van der Waals surface area contributed by atoms with Crippen LogP contribution in [0.5, 0.6) is 0 Å². The van der Waals surface area contributed by atoms with Crippen molar-refractivity contribution in [3.63, 3.8) is 0 Å². The van der Waals surface area contributed by atoms with E-state index in [0.29, 0.717) is 13.1 Å². The van der Waals surface area contributed by atoms with Crippen molar-refractivity contribution in [2.24, 2.45) is 0 Å². The lowest BCUT2D eigenvalue weighted by atomic mass is 10.3. The molecule has 7 nitrogen and oxygen atoms in total. The van der Waals surface area contributed by atoms with Gasteiger partial charge in [-0.05, 0) is 34.0 Å². The van der Waals surface area contributed by atoms with Gasteiger partial charge >= 0.3 is 0 Å². The molecular weight excluding hydrogens is 220 g/mol. The number of nitrogens with zero attached hydrogens (tertiary/aromatic N) is 4. The van der Waals surface area contributed by atoms with Crippen LogP contribution in [0.1, 0.15) is 24.0 Å². The minimum Gasteiger partial charge on any atom is -0.366 e. The molecule has 0 spiro atoms. The fraction of sp³-hybridized carbons (Fsp3) is 0.700. The molecule has 1 aromatic rings. The van der Waals surface area contributed by atoms with Crippen molar-refractivity contribution in [1.82, 2.24) is 25.0 Å². The van der Waals surface area contributed by atoms with Gasteiger partial charge in [-0.1, -0.05) is 0 Å². The third kappa shape index (κ3) is 4.03. The van der Waals surface area contributed by atoms with Gasteiger partial charge < -0.3 is 15.5 Å². The number of aromatic nitrogens is 3. The molecule has 0 fully saturated rings. The minimum atomic E-state index is -0.157. The molecule has 0 bridgehead atoms. The zero-order chi connectivity index (χ0) is 12.8. The van der Waals surface area contributed by atoms with Crippen molar-refractivity contribution in [2.75, 3.05) is 39.5 Å². The maximum absolute atomic E-state index is 12.0. The van der Waals surface area contributed by atoms with Crippen LogP contribution in [0.3, 0.4) is 0 Å². The number of carbonyl (C=O) groups excluding carboxylic acids is 1. The first-order valence-electron chi connectivity index (χ1n) is 5.66. The Hall–Kier alpha value is -1.63. The second kappa shape index (κ2) is 6.19. The van der Waals surface area contributed by atoms with Gasteiger partial charge in [-0.3, -0.25) is 9.89 Å². The van der Waals surface area contributed by atoms with E-state index in [1.165, 1.54) is 0 Å². The van der Waals surface area contributed by atoms with Gasteiger partial charge in [0.25, 0.3) is 5.91 Å². The molecule has 7 heteroatoms. The smallest absolute Gasteiger partial charge is 0.291 e. The number of hydrogen-bond donors (Lipinski definition) is 2. The highest BCUT2D eigenvalue weighted by atomic mass is 16.2. The Bertz CT molecular complexity index is 361. The van der Waals surface area contributed by atoms with Crippen molar-refractivity contribution < 1.29 is 4.79 Å². The SMILES string of the molecule is CCN(CCCN(C)C)C(=O)c1nc(N)n[nH]1. The molecule has 1 heterocycles. The molecule has 96 valence electrons. The zero-order valence-electron chi connectivity index (χ0n) is 10.6. The number of H-pyrrole nitrogens is 1. The van der Waals surface area contributed by atoms with Gasteiger partial charge in [-0.2, -0.15) is 4.98 Å². The topological polar surface area (TPSA) is 91.1 Å². The van der Waals surface area contributed by atoms with E-state index in [2.05, 4.69) is 20.1 Å². The van der Waals surface area contributed by atoms with Crippen LogP contribution in [0.2, 0.25) is 0 Å². The summed E-state index contributed by atoms with van der Waals surface area (Å²) in [6.45, 7) is 4.23. The number of rotatable bonds is 6. The largest absolute Gasteiger partial charge is 0.366 e. The molecule has 0 aromatic carbocycles. The number of anilines is 1. The lowest BCUT2D eigenvalue weighted by Gasteiger charge is -2.20. The second-order valence-corrected chi connectivity index (χ2v) is 4.08. The van der Waals surface area contributed by atoms with Crippen LogP contribution in [-0.4, -0.2) is 64.6 Å². The highest BCUT2D eigenvalue weighted by Gasteiger charge is 2.17. The molecule has 17 heavy (non-hydrogen) atoms. The number of amides is 1. The molecule has 0 radical (unpaired) electrons. The van der Waals surface area contributed by atoms with Crippen LogP contribution >= 0.6 is 0 Å². The summed E-state index contributed by atoms with van der Waals surface area (Å²) in [5.74, 6) is 0.141. The lowest BCUT2D eigenvalue weighted by Crippen LogP contribution is -2.34. The average Bonchev–Trinajstić information content (AvgIpc) is 2.70. The van der Waals surface area contributed by atoms with Crippen molar-refractivity contribution in [3.05, 3.63) is 5.82 Å². The first-order chi connectivity index (χ1) is 8.04. The van der Waals surface area contributed by atoms with E-state index in [-0.39, 0.29) is 17.7 Å². The van der Waals surface area contributed by atoms with Gasteiger partial charge in [0.1, 0.15) is 0 Å². The fourth-order valence-corrected chi connectivity index (χ4v) is 1.50. The average molecular weight is 240 g/mol. The van der Waals surface area contributed by atoms with E-state index in [9.17, 15) is 4.79 Å². The summed E-state index contributed by atoms with van der Waals surface area (Å²) >= 11 is 0. The number of nitrogen functional groups attached to an aromatic ring is 1. The van der Waals surface area contributed by atoms with Crippen molar-refractivity contribution in [2.45, 2.75) is 13.3 Å². The van der Waals surface area contributed by atoms with Gasteiger partial charge in [0.2, 0.25) is 11.8 Å². The summed E-state index contributed by atoms with van der Waals surface area (Å²) in [6.07, 6.45) is 0.927. The number of hydrogen-bond acceptors (Lipinski definition) is 5. The third-order valence-electron chi connectivity index (χ3n) is 2.41. The first kappa shape index (κ1) is 13.4. The minimum absolute atomic E-state index is 0.0951. The quantitative estimate of drug-likeness (QED) is 0.718. The predicted molar refractivity (Wildman–Crippen MR) is 65.5 cm³/mol. The van der Waals surface area contributed by atoms with E-state index in [0.717, 1.165) is 13.0 Å². The van der Waals surface area contributed by atoms with Gasteiger partial charge in [-0.15, -0.1) is 5.10 Å². The Kier molecular flexibility index (Phi) is 4.89. The van der Waals surface area contributed by atoms with Crippen LogP contribution in [-0.2, 0) is 0 Å². The van der Waals surface area contributed by atoms with E-state index in [4.69, 9.17) is 5.73 Å². The summed E-state index contributed by atoms with van der Waals surface area (Å²) in [4.78, 5) is 19.6. The second-order valence-electron chi connectivity index (χ2n) is 4.08. The molecule has 0 unspecified atom stereocenters. The molecule has 0 saturated heterocycles. The van der Waals surface area contributed by atoms with Crippen LogP contribution < -0.4 is 5.73 Å².